The van der Waals surface area contributed by atoms with Crippen molar-refractivity contribution in [2.24, 2.45) is 0 Å². The molecule has 1 heterocycles. The predicted molar refractivity (Wildman–Crippen MR) is 338 cm³/mol. The molecule has 0 spiro atoms. The number of aliphatic carboxylic acids is 1. The summed E-state index contributed by atoms with van der Waals surface area (Å²) in [5, 5.41) is 16.9. The number of carbonyl (C=O) groups excluding carboxylic acids is 3. The Bertz CT molecular complexity index is 3690. The Morgan fingerprint density at radius 2 is 0.716 bits per heavy atom. The Labute approximate surface area is 500 Å². The predicted octanol–water partition coefficient (Wildman–Crippen LogP) is 13.2. The highest BCUT2D eigenvalue weighted by molar-refractivity contribution is 7.59. The van der Waals surface area contributed by atoms with Crippen LogP contribution >= 0.6 is 54.0 Å². The summed E-state index contributed by atoms with van der Waals surface area (Å²) in [4.78, 5) is 55.3. The number of H-pyrrole nitrogens is 1. The number of carboxylic acids is 1. The summed E-state index contributed by atoms with van der Waals surface area (Å²) in [5.74, 6) is -1.34. The van der Waals surface area contributed by atoms with Crippen LogP contribution in [0, 0.1) is 6.92 Å². The first kappa shape index (κ1) is 65.9. The zero-order valence-electron chi connectivity index (χ0n) is 46.6. The standard InChI is InChI=1S/C50H47NO9.C14H14O3.4H2S/c1-29(33-8-11-39-23-43(55-5)17-14-36(39)20-33)48(52)58-27-42-26-51-32(4)47(60-50(54)31(3)35-10-13-41-25-45(57-7)19-16-38(41)22-35)46(42)28-59-49(53)30(2)34-9-12-40-24-44(56-6)18-15-37(40)21-34;1-9(14(15)16)10-3-4-12-8-13(17-2)6-5-11(12)7-10;;;;/h8-26,29-31H,27-28H2,1-7H3;3-9H,1-2H3,(H,15,16);4*1H2/p+1/t29-,30-,31-;9-;;;;/m00..../s1. The average molecular weight is 1170 g/mol. The molecule has 0 aliphatic heterocycles. The highest BCUT2D eigenvalue weighted by Gasteiger charge is 2.28. The molecule has 0 fully saturated rings. The number of nitrogens with one attached hydrogen (secondary N) is 1. The molecule has 0 radical (unpaired) electrons. The number of methoxy groups -OCH3 is 4. The van der Waals surface area contributed by atoms with Crippen molar-refractivity contribution in [3.05, 3.63) is 191 Å². The van der Waals surface area contributed by atoms with Gasteiger partial charge >= 0.3 is 23.9 Å². The molecule has 2 N–H and O–H groups in total. The molecule has 0 bridgehead atoms. The van der Waals surface area contributed by atoms with Crippen molar-refractivity contribution in [1.82, 2.24) is 0 Å². The molecule has 0 saturated carbocycles. The summed E-state index contributed by atoms with van der Waals surface area (Å²) in [6.07, 6.45) is 1.68. The molecule has 13 nitrogen and oxygen atoms in total. The number of aryl methyl sites for hydroxylation is 1. The largest absolute Gasteiger partial charge is 0.497 e. The van der Waals surface area contributed by atoms with E-state index in [1.54, 1.807) is 69.3 Å². The number of aromatic nitrogens is 1. The van der Waals surface area contributed by atoms with Gasteiger partial charge in [-0.05, 0) is 142 Å². The normalized spacial score (nSPS) is 12.0. The van der Waals surface area contributed by atoms with E-state index >= 15 is 0 Å². The quantitative estimate of drug-likeness (QED) is 0.0858. The van der Waals surface area contributed by atoms with Crippen LogP contribution in [0.2, 0.25) is 0 Å². The average Bonchev–Trinajstić information content (AvgIpc) is 3.48. The summed E-state index contributed by atoms with van der Waals surface area (Å²) in [5.41, 5.74) is 4.57. The van der Waals surface area contributed by atoms with E-state index in [0.717, 1.165) is 88.3 Å². The monoisotopic (exact) mass is 1170 g/mol. The van der Waals surface area contributed by atoms with Gasteiger partial charge in [0.05, 0.1) is 63.2 Å². The molecule has 1 aromatic heterocycles. The van der Waals surface area contributed by atoms with Gasteiger partial charge in [-0.25, -0.2) is 4.98 Å². The fraction of sp³-hybridized carbons (Fsp3) is 0.234. The number of carbonyl (C=O) groups is 4. The molecule has 0 aliphatic carbocycles. The number of pyridine rings is 1. The molecular weight excluding hydrogens is 1100 g/mol. The molecule has 81 heavy (non-hydrogen) atoms. The Morgan fingerprint density at radius 1 is 0.420 bits per heavy atom. The first-order chi connectivity index (χ1) is 37.1. The Hall–Kier alpha value is -7.57. The number of aromatic amines is 1. The molecule has 0 aliphatic rings. The van der Waals surface area contributed by atoms with E-state index < -0.39 is 47.5 Å². The number of fused-ring (bicyclic) bond motifs is 4. The van der Waals surface area contributed by atoms with Gasteiger partial charge in [0.1, 0.15) is 36.2 Å². The van der Waals surface area contributed by atoms with Crippen molar-refractivity contribution in [3.8, 4) is 28.7 Å². The van der Waals surface area contributed by atoms with E-state index in [2.05, 4.69) is 4.98 Å². The topological polar surface area (TPSA) is 167 Å². The number of hydrogen-bond donors (Lipinski definition) is 1. The van der Waals surface area contributed by atoms with Crippen molar-refractivity contribution in [3.63, 3.8) is 0 Å². The van der Waals surface area contributed by atoms with Crippen LogP contribution in [0.1, 0.15) is 90.4 Å². The number of rotatable bonds is 17. The maximum atomic E-state index is 13.9. The fourth-order valence-corrected chi connectivity index (χ4v) is 8.98. The third-order valence-corrected chi connectivity index (χ3v) is 14.1. The highest BCUT2D eigenvalue weighted by Crippen LogP contribution is 2.33. The Balaban J connectivity index is 0.000000575. The van der Waals surface area contributed by atoms with Crippen LogP contribution in [0.4, 0.5) is 0 Å². The van der Waals surface area contributed by atoms with Crippen LogP contribution in [0.5, 0.6) is 28.7 Å². The van der Waals surface area contributed by atoms with Gasteiger partial charge in [-0.2, -0.15) is 54.0 Å². The second-order valence-corrected chi connectivity index (χ2v) is 19.0. The minimum atomic E-state index is -0.808. The van der Waals surface area contributed by atoms with Crippen molar-refractivity contribution in [1.29, 1.82) is 0 Å². The summed E-state index contributed by atoms with van der Waals surface area (Å²) >= 11 is 0. The Morgan fingerprint density at radius 3 is 1.05 bits per heavy atom. The van der Waals surface area contributed by atoms with Crippen molar-refractivity contribution in [2.45, 2.75) is 71.5 Å². The minimum Gasteiger partial charge on any atom is -0.497 e. The van der Waals surface area contributed by atoms with Gasteiger partial charge in [-0.15, -0.1) is 0 Å². The number of ether oxygens (including phenoxy) is 7. The lowest BCUT2D eigenvalue weighted by Gasteiger charge is -2.18. The van der Waals surface area contributed by atoms with E-state index in [0.29, 0.717) is 16.8 Å². The molecule has 9 aromatic rings. The maximum Gasteiger partial charge on any atom is 0.318 e. The van der Waals surface area contributed by atoms with Gasteiger partial charge in [-0.1, -0.05) is 97.1 Å². The fourth-order valence-electron chi connectivity index (χ4n) is 8.98. The SMILES string of the molecule is COc1ccc2cc([C@H](C)C(=O)O)ccc2c1.COc1ccc2cc([C@H](C)C(=O)OCc3c[nH+]c(C)c(OC(=O)[C@@H](C)c4ccc5cc(OC)ccc5c4)c3COC(=O)[C@@H](C)c3ccc4cc(OC)ccc4c3)ccc2c1.S.S.S.S. The molecular formula is C64H70NO12S4+. The third-order valence-electron chi connectivity index (χ3n) is 14.1. The summed E-state index contributed by atoms with van der Waals surface area (Å²) in [7, 11) is 6.49. The van der Waals surface area contributed by atoms with Gasteiger partial charge in [-0.3, -0.25) is 19.2 Å². The number of hydrogen-bond acceptors (Lipinski definition) is 11. The number of benzene rings is 8. The van der Waals surface area contributed by atoms with Gasteiger partial charge in [0.2, 0.25) is 11.4 Å². The lowest BCUT2D eigenvalue weighted by molar-refractivity contribution is -0.389. The molecule has 0 amide bonds. The Kier molecular flexibility index (Phi) is 24.2. The zero-order chi connectivity index (χ0) is 54.9. The highest BCUT2D eigenvalue weighted by atomic mass is 32.1. The van der Waals surface area contributed by atoms with E-state index in [1.165, 1.54) is 0 Å². The molecule has 426 valence electrons. The van der Waals surface area contributed by atoms with Gasteiger partial charge in [0.25, 0.3) is 0 Å². The smallest absolute Gasteiger partial charge is 0.318 e. The second kappa shape index (κ2) is 29.8. The van der Waals surface area contributed by atoms with Crippen LogP contribution < -0.4 is 28.7 Å². The lowest BCUT2D eigenvalue weighted by atomic mass is 9.97. The van der Waals surface area contributed by atoms with Gasteiger partial charge < -0.3 is 38.3 Å². The van der Waals surface area contributed by atoms with E-state index in [1.807, 2.05) is 146 Å². The molecule has 9 rings (SSSR count). The van der Waals surface area contributed by atoms with Crippen molar-refractivity contribution >= 4 is 121 Å². The van der Waals surface area contributed by atoms with Crippen molar-refractivity contribution < 1.29 is 62.4 Å². The second-order valence-electron chi connectivity index (χ2n) is 19.0. The number of esters is 3. The van der Waals surface area contributed by atoms with E-state index in [9.17, 15) is 19.2 Å². The van der Waals surface area contributed by atoms with Crippen LogP contribution in [-0.2, 0) is 41.9 Å². The molecule has 0 unspecified atom stereocenters. The summed E-state index contributed by atoms with van der Waals surface area (Å²) in [6.45, 7) is 8.40. The maximum absolute atomic E-state index is 13.9. The summed E-state index contributed by atoms with van der Waals surface area (Å²) < 4.78 is 39.3. The molecule has 4 atom stereocenters. The first-order valence-electron chi connectivity index (χ1n) is 25.2. The van der Waals surface area contributed by atoms with Crippen LogP contribution in [0.15, 0.2) is 152 Å². The molecule has 17 heteroatoms. The molecule has 0 saturated heterocycles. The van der Waals surface area contributed by atoms with Crippen LogP contribution in [-0.4, -0.2) is 57.4 Å². The zero-order valence-corrected chi connectivity index (χ0v) is 50.6. The lowest BCUT2D eigenvalue weighted by Crippen LogP contribution is -2.23. The van der Waals surface area contributed by atoms with Gasteiger partial charge in [0, 0.05) is 6.92 Å². The van der Waals surface area contributed by atoms with Gasteiger partial charge in [0.15, 0.2) is 6.20 Å². The number of carboxylic acid groups (broad SMARTS) is 1. The van der Waals surface area contributed by atoms with E-state index in [-0.39, 0.29) is 72.9 Å². The van der Waals surface area contributed by atoms with E-state index in [4.69, 9.17) is 38.3 Å². The molecule has 8 aromatic carbocycles. The van der Waals surface area contributed by atoms with Crippen molar-refractivity contribution in [2.75, 3.05) is 28.4 Å². The first-order valence-corrected chi connectivity index (χ1v) is 25.2. The third kappa shape index (κ3) is 15.7. The van der Waals surface area contributed by atoms with Crippen LogP contribution in [0.25, 0.3) is 43.1 Å². The minimum absolute atomic E-state index is 0. The van der Waals surface area contributed by atoms with Crippen LogP contribution in [0.3, 0.4) is 0 Å². The summed E-state index contributed by atoms with van der Waals surface area (Å²) in [6, 6.07) is 46.1.